The molecular weight excluding hydrogens is 364 g/mol. The van der Waals surface area contributed by atoms with Crippen molar-refractivity contribution in [3.05, 3.63) is 70.4 Å². The van der Waals surface area contributed by atoms with Crippen molar-refractivity contribution in [3.8, 4) is 27.6 Å². The fraction of sp³-hybridized carbons (Fsp3) is 0.0500. The summed E-state index contributed by atoms with van der Waals surface area (Å²) in [5, 5.41) is 3.24. The van der Waals surface area contributed by atoms with Gasteiger partial charge in [0.15, 0.2) is 6.61 Å². The Morgan fingerprint density at radius 2 is 1.96 bits per heavy atom. The molecule has 0 saturated heterocycles. The van der Waals surface area contributed by atoms with Crippen LogP contribution in [0, 0.1) is 0 Å². The number of fused-ring (bicyclic) bond motifs is 1. The Morgan fingerprint density at radius 3 is 2.74 bits per heavy atom. The summed E-state index contributed by atoms with van der Waals surface area (Å²) in [7, 11) is 0. The van der Waals surface area contributed by atoms with Gasteiger partial charge in [-0.3, -0.25) is 4.79 Å². The van der Waals surface area contributed by atoms with E-state index in [0.29, 0.717) is 21.9 Å². The van der Waals surface area contributed by atoms with E-state index in [0.717, 1.165) is 16.6 Å². The van der Waals surface area contributed by atoms with Crippen LogP contribution >= 0.6 is 11.3 Å². The highest BCUT2D eigenvalue weighted by Crippen LogP contribution is 2.29. The normalized spacial score (nSPS) is 10.8. The number of hydrogen-bond acceptors (Lipinski definition) is 6. The Kier molecular flexibility index (Phi) is 4.43. The van der Waals surface area contributed by atoms with Crippen LogP contribution in [0.2, 0.25) is 0 Å². The molecule has 0 fully saturated rings. The van der Waals surface area contributed by atoms with E-state index >= 15 is 0 Å². The predicted molar refractivity (Wildman–Crippen MR) is 104 cm³/mol. The maximum atomic E-state index is 12.4. The van der Waals surface area contributed by atoms with Gasteiger partial charge in [-0.2, -0.15) is 0 Å². The van der Waals surface area contributed by atoms with Gasteiger partial charge in [0.1, 0.15) is 16.3 Å². The average Bonchev–Trinajstić information content (AvgIpc) is 3.16. The lowest BCUT2D eigenvalue weighted by atomic mass is 10.1. The third kappa shape index (κ3) is 3.58. The number of rotatable bonds is 5. The lowest BCUT2D eigenvalue weighted by Gasteiger charge is -2.05. The summed E-state index contributed by atoms with van der Waals surface area (Å²) in [6, 6.07) is 16.5. The van der Waals surface area contributed by atoms with Gasteiger partial charge in [-0.05, 0) is 18.2 Å². The van der Waals surface area contributed by atoms with Gasteiger partial charge in [0.2, 0.25) is 0 Å². The number of hydrogen-bond donors (Lipinski definition) is 1. The highest BCUT2D eigenvalue weighted by molar-refractivity contribution is 7.13. The predicted octanol–water partition coefficient (Wildman–Crippen LogP) is 3.45. The molecule has 0 aliphatic heterocycles. The van der Waals surface area contributed by atoms with Crippen molar-refractivity contribution in [1.82, 2.24) is 4.98 Å². The minimum absolute atomic E-state index is 0.241. The number of aromatic nitrogens is 1. The van der Waals surface area contributed by atoms with Crippen molar-refractivity contribution >= 4 is 28.2 Å². The van der Waals surface area contributed by atoms with Crippen LogP contribution in [0.4, 0.5) is 0 Å². The van der Waals surface area contributed by atoms with Gasteiger partial charge in [0.05, 0.1) is 11.3 Å². The summed E-state index contributed by atoms with van der Waals surface area (Å²) in [6.07, 6.45) is 0. The summed E-state index contributed by atoms with van der Waals surface area (Å²) < 4.78 is 10.7. The molecule has 4 aromatic rings. The van der Waals surface area contributed by atoms with Crippen LogP contribution < -0.4 is 16.1 Å². The molecule has 27 heavy (non-hydrogen) atoms. The Balaban J connectivity index is 1.70. The monoisotopic (exact) mass is 378 g/mol. The lowest BCUT2D eigenvalue weighted by molar-refractivity contribution is -0.119. The summed E-state index contributed by atoms with van der Waals surface area (Å²) >= 11 is 1.39. The fourth-order valence-electron chi connectivity index (χ4n) is 2.62. The summed E-state index contributed by atoms with van der Waals surface area (Å²) in [5.74, 6) is -0.178. The first-order valence-corrected chi connectivity index (χ1v) is 8.98. The molecule has 0 atom stereocenters. The Hall–Kier alpha value is -3.45. The first-order valence-electron chi connectivity index (χ1n) is 8.10. The zero-order valence-electron chi connectivity index (χ0n) is 14.0. The van der Waals surface area contributed by atoms with E-state index in [4.69, 9.17) is 14.9 Å². The smallest absolute Gasteiger partial charge is 0.346 e. The molecule has 2 aromatic carbocycles. The molecule has 2 aromatic heterocycles. The lowest BCUT2D eigenvalue weighted by Crippen LogP contribution is -2.19. The van der Waals surface area contributed by atoms with Crippen molar-refractivity contribution in [3.63, 3.8) is 0 Å². The van der Waals surface area contributed by atoms with E-state index in [1.54, 1.807) is 24.3 Å². The molecule has 2 heterocycles. The van der Waals surface area contributed by atoms with Gasteiger partial charge < -0.3 is 14.9 Å². The van der Waals surface area contributed by atoms with E-state index in [-0.39, 0.29) is 6.61 Å². The standard InChI is InChI=1S/C20H14N2O4S/c21-18(23)10-25-14-7-6-13-8-15(20(24)26-17(13)9-14)19-22-16(11-27-19)12-4-2-1-3-5-12/h1-9,11H,10H2,(H2,21,23). The Labute approximate surface area is 157 Å². The number of benzene rings is 2. The summed E-state index contributed by atoms with van der Waals surface area (Å²) in [4.78, 5) is 27.8. The zero-order chi connectivity index (χ0) is 18.8. The van der Waals surface area contributed by atoms with E-state index in [1.807, 2.05) is 35.7 Å². The van der Waals surface area contributed by atoms with Crippen LogP contribution in [-0.2, 0) is 4.79 Å². The summed E-state index contributed by atoms with van der Waals surface area (Å²) in [6.45, 7) is -0.241. The number of carbonyl (C=O) groups excluding carboxylic acids is 1. The van der Waals surface area contributed by atoms with E-state index in [9.17, 15) is 9.59 Å². The van der Waals surface area contributed by atoms with Crippen LogP contribution in [0.5, 0.6) is 5.75 Å². The number of carbonyl (C=O) groups is 1. The highest BCUT2D eigenvalue weighted by atomic mass is 32.1. The molecule has 0 spiro atoms. The minimum Gasteiger partial charge on any atom is -0.484 e. The number of nitrogens with zero attached hydrogens (tertiary/aromatic N) is 1. The molecule has 7 heteroatoms. The average molecular weight is 378 g/mol. The van der Waals surface area contributed by atoms with Crippen LogP contribution in [0.25, 0.3) is 32.8 Å². The SMILES string of the molecule is NC(=O)COc1ccc2cc(-c3nc(-c4ccccc4)cs3)c(=O)oc2c1. The van der Waals surface area contributed by atoms with Crippen LogP contribution in [-0.4, -0.2) is 17.5 Å². The van der Waals surface area contributed by atoms with Crippen molar-refractivity contribution in [2.24, 2.45) is 5.73 Å². The van der Waals surface area contributed by atoms with Crippen LogP contribution in [0.3, 0.4) is 0 Å². The Bertz CT molecular complexity index is 1180. The van der Waals surface area contributed by atoms with Crippen LogP contribution in [0.15, 0.2) is 69.2 Å². The molecule has 6 nitrogen and oxygen atoms in total. The van der Waals surface area contributed by atoms with Gasteiger partial charge in [0, 0.05) is 22.4 Å². The van der Waals surface area contributed by atoms with E-state index in [2.05, 4.69) is 4.98 Å². The topological polar surface area (TPSA) is 95.4 Å². The van der Waals surface area contributed by atoms with Gasteiger partial charge in [-0.25, -0.2) is 9.78 Å². The number of primary amides is 1. The second kappa shape index (κ2) is 7.05. The molecule has 1 amide bonds. The third-order valence-electron chi connectivity index (χ3n) is 3.89. The molecule has 134 valence electrons. The largest absolute Gasteiger partial charge is 0.484 e. The second-order valence-electron chi connectivity index (χ2n) is 5.81. The number of ether oxygens (including phenoxy) is 1. The molecule has 0 radical (unpaired) electrons. The first-order chi connectivity index (χ1) is 13.1. The van der Waals surface area contributed by atoms with E-state index < -0.39 is 11.5 Å². The summed E-state index contributed by atoms with van der Waals surface area (Å²) in [5.41, 5.74) is 7.15. The molecule has 0 aliphatic rings. The Morgan fingerprint density at radius 1 is 1.15 bits per heavy atom. The zero-order valence-corrected chi connectivity index (χ0v) is 14.9. The molecule has 4 rings (SSSR count). The van der Waals surface area contributed by atoms with Crippen molar-refractivity contribution in [1.29, 1.82) is 0 Å². The van der Waals surface area contributed by atoms with Crippen molar-refractivity contribution in [2.75, 3.05) is 6.61 Å². The molecule has 0 saturated carbocycles. The van der Waals surface area contributed by atoms with Gasteiger partial charge in [-0.15, -0.1) is 11.3 Å². The minimum atomic E-state index is -0.579. The van der Waals surface area contributed by atoms with Crippen LogP contribution in [0.1, 0.15) is 0 Å². The van der Waals surface area contributed by atoms with Crippen molar-refractivity contribution in [2.45, 2.75) is 0 Å². The quantitative estimate of drug-likeness (QED) is 0.537. The maximum Gasteiger partial charge on any atom is 0.346 e. The third-order valence-corrected chi connectivity index (χ3v) is 4.77. The highest BCUT2D eigenvalue weighted by Gasteiger charge is 2.13. The van der Waals surface area contributed by atoms with Gasteiger partial charge in [0.25, 0.3) is 5.91 Å². The first kappa shape index (κ1) is 17.0. The maximum absolute atomic E-state index is 12.4. The molecular formula is C20H14N2O4S. The van der Waals surface area contributed by atoms with E-state index in [1.165, 1.54) is 11.3 Å². The number of nitrogens with two attached hydrogens (primary N) is 1. The number of thiazole rings is 1. The molecule has 0 bridgehead atoms. The molecule has 0 aliphatic carbocycles. The number of amides is 1. The van der Waals surface area contributed by atoms with Gasteiger partial charge in [-0.1, -0.05) is 30.3 Å². The molecule has 0 unspecified atom stereocenters. The fourth-order valence-corrected chi connectivity index (χ4v) is 3.46. The molecule has 2 N–H and O–H groups in total. The van der Waals surface area contributed by atoms with Crippen molar-refractivity contribution < 1.29 is 13.9 Å². The second-order valence-corrected chi connectivity index (χ2v) is 6.66. The van der Waals surface area contributed by atoms with Gasteiger partial charge >= 0.3 is 5.63 Å².